The summed E-state index contributed by atoms with van der Waals surface area (Å²) in [5.41, 5.74) is 0.610. The van der Waals surface area contributed by atoms with Gasteiger partial charge in [0.05, 0.1) is 8.48 Å². The molecule has 3 nitrogen and oxygen atoms in total. The second-order valence-electron chi connectivity index (χ2n) is 5.01. The number of phenols is 1. The minimum absolute atomic E-state index is 0.0897. The monoisotopic (exact) mass is 497 g/mol. The molecule has 1 heterocycles. The third-order valence-electron chi connectivity index (χ3n) is 2.77. The molecule has 1 saturated heterocycles. The zero-order valence-corrected chi connectivity index (χ0v) is 16.8. The predicted molar refractivity (Wildman–Crippen MR) is 103 cm³/mol. The summed E-state index contributed by atoms with van der Waals surface area (Å²) in [6.45, 7) is 4.71. The first kappa shape index (κ1) is 17.2. The van der Waals surface area contributed by atoms with Crippen LogP contribution in [0.5, 0.6) is 5.75 Å². The number of hydrogen-bond donors (Lipinski definition) is 1. The Kier molecular flexibility index (Phi) is 5.72. The number of phenolic OH excluding ortho intramolecular Hbond substituents is 1. The van der Waals surface area contributed by atoms with Gasteiger partial charge < -0.3 is 5.11 Å². The molecule has 1 fully saturated rings. The van der Waals surface area contributed by atoms with E-state index in [1.165, 1.54) is 11.8 Å². The van der Waals surface area contributed by atoms with E-state index in [0.717, 1.165) is 8.04 Å². The molecule has 2 rings (SSSR count). The van der Waals surface area contributed by atoms with Crippen LogP contribution in [0.15, 0.2) is 21.5 Å². The zero-order chi connectivity index (χ0) is 15.7. The van der Waals surface area contributed by atoms with Crippen molar-refractivity contribution in [2.24, 2.45) is 5.92 Å². The summed E-state index contributed by atoms with van der Waals surface area (Å²) in [6, 6.07) is 3.60. The molecule has 0 aromatic heterocycles. The van der Waals surface area contributed by atoms with E-state index in [1.54, 1.807) is 17.0 Å². The Labute approximate surface area is 155 Å². The summed E-state index contributed by atoms with van der Waals surface area (Å²) < 4.78 is 2.16. The summed E-state index contributed by atoms with van der Waals surface area (Å²) in [5, 5.41) is 10.1. The van der Waals surface area contributed by atoms with E-state index in [9.17, 15) is 9.90 Å². The second kappa shape index (κ2) is 6.97. The number of carbonyl (C=O) groups is 1. The van der Waals surface area contributed by atoms with Crippen LogP contribution in [0.2, 0.25) is 0 Å². The molecule has 0 bridgehead atoms. The molecule has 0 radical (unpaired) electrons. The van der Waals surface area contributed by atoms with Crippen LogP contribution in [0, 0.1) is 9.49 Å². The molecule has 1 aliphatic rings. The average Bonchev–Trinajstić information content (AvgIpc) is 2.63. The minimum Gasteiger partial charge on any atom is -0.506 e. The first-order chi connectivity index (χ1) is 9.79. The number of amides is 1. The molecule has 1 aliphatic heterocycles. The molecule has 1 N–H and O–H groups in total. The highest BCUT2D eigenvalue weighted by atomic mass is 127. The van der Waals surface area contributed by atoms with Crippen LogP contribution in [0.25, 0.3) is 6.08 Å². The van der Waals surface area contributed by atoms with Gasteiger partial charge in [-0.15, -0.1) is 0 Å². The van der Waals surface area contributed by atoms with Crippen molar-refractivity contribution in [1.29, 1.82) is 0 Å². The van der Waals surface area contributed by atoms with E-state index in [4.69, 9.17) is 12.2 Å². The number of thiocarbonyl (C=S) groups is 1. The Morgan fingerprint density at radius 1 is 1.52 bits per heavy atom. The fourth-order valence-electron chi connectivity index (χ4n) is 1.86. The maximum atomic E-state index is 12.4. The van der Waals surface area contributed by atoms with Gasteiger partial charge in [0.15, 0.2) is 0 Å². The number of aromatic hydroxyl groups is 1. The highest BCUT2D eigenvalue weighted by molar-refractivity contribution is 14.1. The van der Waals surface area contributed by atoms with Gasteiger partial charge in [-0.1, -0.05) is 53.8 Å². The molecule has 112 valence electrons. The number of nitrogens with zero attached hydrogens (tertiary/aromatic N) is 1. The summed E-state index contributed by atoms with van der Waals surface area (Å²) in [5.74, 6) is 0.438. The van der Waals surface area contributed by atoms with Crippen LogP contribution >= 0.6 is 62.5 Å². The normalized spacial score (nSPS) is 17.4. The molecule has 0 unspecified atom stereocenters. The van der Waals surface area contributed by atoms with Crippen molar-refractivity contribution in [2.75, 3.05) is 6.54 Å². The Hall–Kier alpha value is -0.120. The van der Waals surface area contributed by atoms with Crippen LogP contribution in [0.4, 0.5) is 0 Å². The van der Waals surface area contributed by atoms with E-state index >= 15 is 0 Å². The van der Waals surface area contributed by atoms with Crippen molar-refractivity contribution in [1.82, 2.24) is 4.90 Å². The Morgan fingerprint density at radius 3 is 2.81 bits per heavy atom. The maximum Gasteiger partial charge on any atom is 0.266 e. The molecule has 0 spiro atoms. The second-order valence-corrected chi connectivity index (χ2v) is 8.77. The molecule has 1 amide bonds. The van der Waals surface area contributed by atoms with Crippen LogP contribution in [-0.2, 0) is 4.79 Å². The lowest BCUT2D eigenvalue weighted by atomic mass is 10.1. The maximum absolute atomic E-state index is 12.4. The smallest absolute Gasteiger partial charge is 0.266 e. The van der Waals surface area contributed by atoms with Gasteiger partial charge in [-0.3, -0.25) is 9.69 Å². The van der Waals surface area contributed by atoms with Crippen LogP contribution in [0.3, 0.4) is 0 Å². The van der Waals surface area contributed by atoms with Crippen molar-refractivity contribution in [3.05, 3.63) is 30.6 Å². The highest BCUT2D eigenvalue weighted by Crippen LogP contribution is 2.36. The minimum atomic E-state index is -0.0897. The zero-order valence-electron chi connectivity index (χ0n) is 11.4. The summed E-state index contributed by atoms with van der Waals surface area (Å²) in [6.07, 6.45) is 1.70. The Morgan fingerprint density at radius 2 is 2.19 bits per heavy atom. The molecule has 0 atom stereocenters. The fourth-order valence-corrected chi connectivity index (χ4v) is 4.68. The average molecular weight is 498 g/mol. The summed E-state index contributed by atoms with van der Waals surface area (Å²) >= 11 is 12.0. The van der Waals surface area contributed by atoms with Crippen LogP contribution in [-0.4, -0.2) is 26.8 Å². The molecule has 21 heavy (non-hydrogen) atoms. The SMILES string of the molecule is CC(C)CN1C(=O)/C(=C/c2cc(Br)cc(I)c2O)SC1=S. The lowest BCUT2D eigenvalue weighted by Gasteiger charge is -2.16. The predicted octanol–water partition coefficient (Wildman–Crippen LogP) is 4.62. The van der Waals surface area contributed by atoms with Gasteiger partial charge in [-0.25, -0.2) is 0 Å². The lowest BCUT2D eigenvalue weighted by molar-refractivity contribution is -0.122. The fraction of sp³-hybridized carbons (Fsp3) is 0.286. The Bertz CT molecular complexity index is 646. The van der Waals surface area contributed by atoms with E-state index in [-0.39, 0.29) is 11.7 Å². The Balaban J connectivity index is 2.35. The van der Waals surface area contributed by atoms with Gasteiger partial charge in [0.25, 0.3) is 5.91 Å². The van der Waals surface area contributed by atoms with Crippen molar-refractivity contribution < 1.29 is 9.90 Å². The van der Waals surface area contributed by atoms with Crippen molar-refractivity contribution in [3.8, 4) is 5.75 Å². The molecule has 0 aliphatic carbocycles. The van der Waals surface area contributed by atoms with Gasteiger partial charge >= 0.3 is 0 Å². The van der Waals surface area contributed by atoms with Gasteiger partial charge in [0.1, 0.15) is 10.1 Å². The van der Waals surface area contributed by atoms with Gasteiger partial charge in [0, 0.05) is 16.6 Å². The quantitative estimate of drug-likeness (QED) is 0.376. The number of hydrogen-bond acceptors (Lipinski definition) is 4. The molecule has 1 aromatic rings. The third-order valence-corrected chi connectivity index (χ3v) is 5.42. The number of thioether (sulfide) groups is 1. The van der Waals surface area contributed by atoms with Gasteiger partial charge in [-0.05, 0) is 46.7 Å². The van der Waals surface area contributed by atoms with Crippen molar-refractivity contribution >= 4 is 78.8 Å². The van der Waals surface area contributed by atoms with E-state index in [2.05, 4.69) is 38.5 Å². The lowest BCUT2D eigenvalue weighted by Crippen LogP contribution is -2.31. The molecular weight excluding hydrogens is 485 g/mol. The standard InChI is InChI=1S/C14H13BrINO2S2/c1-7(2)6-17-13(19)11(21-14(17)20)4-8-3-9(15)5-10(16)12(8)18/h3-5,7,18H,6H2,1-2H3/b11-4-. The largest absolute Gasteiger partial charge is 0.506 e. The number of halogens is 2. The van der Waals surface area contributed by atoms with Crippen molar-refractivity contribution in [3.63, 3.8) is 0 Å². The van der Waals surface area contributed by atoms with E-state index in [0.29, 0.717) is 27.3 Å². The van der Waals surface area contributed by atoms with E-state index in [1.807, 2.05) is 19.9 Å². The van der Waals surface area contributed by atoms with E-state index < -0.39 is 0 Å². The highest BCUT2D eigenvalue weighted by Gasteiger charge is 2.32. The van der Waals surface area contributed by atoms with Gasteiger partial charge in [0.2, 0.25) is 0 Å². The molecular formula is C14H13BrINO2S2. The van der Waals surface area contributed by atoms with Crippen molar-refractivity contribution in [2.45, 2.75) is 13.8 Å². The van der Waals surface area contributed by atoms with Crippen LogP contribution < -0.4 is 0 Å². The molecule has 7 heteroatoms. The molecule has 1 aromatic carbocycles. The summed E-state index contributed by atoms with van der Waals surface area (Å²) in [7, 11) is 0. The first-order valence-corrected chi connectivity index (χ1v) is 9.32. The van der Waals surface area contributed by atoms with Gasteiger partial charge in [-0.2, -0.15) is 0 Å². The third kappa shape index (κ3) is 4.00. The van der Waals surface area contributed by atoms with Crippen LogP contribution in [0.1, 0.15) is 19.4 Å². The number of benzene rings is 1. The first-order valence-electron chi connectivity index (χ1n) is 6.23. The molecule has 0 saturated carbocycles. The number of rotatable bonds is 3. The topological polar surface area (TPSA) is 40.5 Å². The number of carbonyl (C=O) groups excluding carboxylic acids is 1. The summed E-state index contributed by atoms with van der Waals surface area (Å²) in [4.78, 5) is 14.6.